The molecule has 2 aromatic heterocycles. The van der Waals surface area contributed by atoms with Crippen LogP contribution in [0.1, 0.15) is 29.6 Å². The number of hydrogen-bond donors (Lipinski definition) is 1. The summed E-state index contributed by atoms with van der Waals surface area (Å²) in [5.74, 6) is 1.87. The minimum absolute atomic E-state index is 0.270. The number of nitrogens with zero attached hydrogens (tertiary/aromatic N) is 1. The molecule has 1 amide bonds. The molecule has 0 atom stereocenters. The van der Waals surface area contributed by atoms with Crippen molar-refractivity contribution in [3.8, 4) is 16.5 Å². The zero-order chi connectivity index (χ0) is 16.9. The first kappa shape index (κ1) is 16.3. The van der Waals surface area contributed by atoms with E-state index in [2.05, 4.69) is 10.3 Å². The molecule has 0 fully saturated rings. The van der Waals surface area contributed by atoms with E-state index < -0.39 is 0 Å². The molecule has 124 valence electrons. The van der Waals surface area contributed by atoms with Gasteiger partial charge in [0.2, 0.25) is 0 Å². The van der Waals surface area contributed by atoms with Crippen molar-refractivity contribution in [2.75, 3.05) is 11.9 Å². The standard InChI is InChI=1S/C18H18N2O3S/c1-3-10-22-15-7-5-4-6-13(15)19-17(21)14-11-24-18(20-14)16-9-8-12(2)23-16/h4-9,11H,3,10H2,1-2H3,(H,19,21). The SMILES string of the molecule is CCCOc1ccccc1NC(=O)c1csc(-c2ccc(C)o2)n1. The van der Waals surface area contributed by atoms with E-state index in [9.17, 15) is 4.79 Å². The van der Waals surface area contributed by atoms with Gasteiger partial charge in [0.1, 0.15) is 17.2 Å². The van der Waals surface area contributed by atoms with Gasteiger partial charge in [0.05, 0.1) is 12.3 Å². The van der Waals surface area contributed by atoms with E-state index in [4.69, 9.17) is 9.15 Å². The largest absolute Gasteiger partial charge is 0.491 e. The fourth-order valence-electron chi connectivity index (χ4n) is 2.13. The first-order valence-electron chi connectivity index (χ1n) is 7.73. The predicted octanol–water partition coefficient (Wildman–Crippen LogP) is 4.75. The van der Waals surface area contributed by atoms with Crippen molar-refractivity contribution in [1.29, 1.82) is 0 Å². The molecule has 0 spiro atoms. The van der Waals surface area contributed by atoms with Crippen molar-refractivity contribution < 1.29 is 13.9 Å². The zero-order valence-electron chi connectivity index (χ0n) is 13.5. The number of para-hydroxylation sites is 2. The van der Waals surface area contributed by atoms with Crippen molar-refractivity contribution in [1.82, 2.24) is 4.98 Å². The van der Waals surface area contributed by atoms with Crippen molar-refractivity contribution >= 4 is 22.9 Å². The lowest BCUT2D eigenvalue weighted by Crippen LogP contribution is -2.13. The molecule has 0 saturated heterocycles. The van der Waals surface area contributed by atoms with Crippen LogP contribution in [-0.2, 0) is 0 Å². The van der Waals surface area contributed by atoms with Crippen molar-refractivity contribution in [3.63, 3.8) is 0 Å². The van der Waals surface area contributed by atoms with E-state index in [1.54, 1.807) is 5.38 Å². The lowest BCUT2D eigenvalue weighted by molar-refractivity contribution is 0.102. The molecular formula is C18H18N2O3S. The summed E-state index contributed by atoms with van der Waals surface area (Å²) in [6.45, 7) is 4.51. The number of rotatable bonds is 6. The summed E-state index contributed by atoms with van der Waals surface area (Å²) in [4.78, 5) is 16.8. The summed E-state index contributed by atoms with van der Waals surface area (Å²) in [6, 6.07) is 11.1. The van der Waals surface area contributed by atoms with Gasteiger partial charge < -0.3 is 14.5 Å². The molecule has 0 aliphatic heterocycles. The number of carbonyl (C=O) groups excluding carboxylic acids is 1. The molecule has 5 nitrogen and oxygen atoms in total. The molecule has 0 radical (unpaired) electrons. The average molecular weight is 342 g/mol. The molecule has 0 bridgehead atoms. The van der Waals surface area contributed by atoms with Gasteiger partial charge in [-0.1, -0.05) is 19.1 Å². The van der Waals surface area contributed by atoms with Crippen LogP contribution in [0, 0.1) is 6.92 Å². The van der Waals surface area contributed by atoms with Crippen LogP contribution in [0.25, 0.3) is 10.8 Å². The van der Waals surface area contributed by atoms with E-state index in [0.29, 0.717) is 34.5 Å². The number of carbonyl (C=O) groups is 1. The molecule has 3 rings (SSSR count). The summed E-state index contributed by atoms with van der Waals surface area (Å²) in [5.41, 5.74) is 0.994. The fourth-order valence-corrected chi connectivity index (χ4v) is 2.89. The molecule has 1 aromatic carbocycles. The second-order valence-corrected chi connectivity index (χ2v) is 6.11. The number of furan rings is 1. The molecular weight excluding hydrogens is 324 g/mol. The monoisotopic (exact) mass is 342 g/mol. The predicted molar refractivity (Wildman–Crippen MR) is 94.7 cm³/mol. The average Bonchev–Trinajstić information content (AvgIpc) is 3.23. The van der Waals surface area contributed by atoms with Crippen LogP contribution >= 0.6 is 11.3 Å². The van der Waals surface area contributed by atoms with Crippen LogP contribution in [0.2, 0.25) is 0 Å². The second kappa shape index (κ2) is 7.31. The van der Waals surface area contributed by atoms with Gasteiger partial charge in [0, 0.05) is 5.38 Å². The van der Waals surface area contributed by atoms with Crippen molar-refractivity contribution in [2.24, 2.45) is 0 Å². The molecule has 2 heterocycles. The van der Waals surface area contributed by atoms with E-state index in [0.717, 1.165) is 12.2 Å². The Morgan fingerprint density at radius 2 is 2.12 bits per heavy atom. The highest BCUT2D eigenvalue weighted by Gasteiger charge is 2.15. The molecule has 0 unspecified atom stereocenters. The highest BCUT2D eigenvalue weighted by molar-refractivity contribution is 7.13. The van der Waals surface area contributed by atoms with E-state index >= 15 is 0 Å². The van der Waals surface area contributed by atoms with Crippen LogP contribution in [-0.4, -0.2) is 17.5 Å². The lowest BCUT2D eigenvalue weighted by atomic mass is 10.3. The van der Waals surface area contributed by atoms with Crippen LogP contribution in [0.15, 0.2) is 46.2 Å². The zero-order valence-corrected chi connectivity index (χ0v) is 14.4. The second-order valence-electron chi connectivity index (χ2n) is 5.25. The number of ether oxygens (including phenoxy) is 1. The molecule has 6 heteroatoms. The molecule has 0 saturated carbocycles. The summed E-state index contributed by atoms with van der Waals surface area (Å²) < 4.78 is 11.2. The van der Waals surface area contributed by atoms with E-state index in [-0.39, 0.29) is 5.91 Å². The number of anilines is 1. The normalized spacial score (nSPS) is 10.6. The molecule has 24 heavy (non-hydrogen) atoms. The Balaban J connectivity index is 1.75. The van der Waals surface area contributed by atoms with Crippen molar-refractivity contribution in [3.05, 3.63) is 53.2 Å². The first-order valence-corrected chi connectivity index (χ1v) is 8.61. The molecule has 0 aliphatic carbocycles. The van der Waals surface area contributed by atoms with Gasteiger partial charge in [0.25, 0.3) is 5.91 Å². The Hall–Kier alpha value is -2.60. The Kier molecular flexibility index (Phi) is 4.96. The number of thiazole rings is 1. The van der Waals surface area contributed by atoms with Gasteiger partial charge in [-0.15, -0.1) is 11.3 Å². The number of nitrogens with one attached hydrogen (secondary N) is 1. The maximum absolute atomic E-state index is 12.4. The number of amides is 1. The van der Waals surface area contributed by atoms with Gasteiger partial charge in [-0.25, -0.2) is 4.98 Å². The van der Waals surface area contributed by atoms with E-state index in [1.807, 2.05) is 50.2 Å². The molecule has 0 aliphatic rings. The lowest BCUT2D eigenvalue weighted by Gasteiger charge is -2.11. The van der Waals surface area contributed by atoms with Gasteiger partial charge in [-0.3, -0.25) is 4.79 Å². The summed E-state index contributed by atoms with van der Waals surface area (Å²) in [7, 11) is 0. The van der Waals surface area contributed by atoms with Crippen LogP contribution < -0.4 is 10.1 Å². The van der Waals surface area contributed by atoms with E-state index in [1.165, 1.54) is 11.3 Å². The minimum atomic E-state index is -0.270. The summed E-state index contributed by atoms with van der Waals surface area (Å²) in [5, 5.41) is 5.26. The Morgan fingerprint density at radius 1 is 1.29 bits per heavy atom. The first-order chi connectivity index (χ1) is 11.7. The van der Waals surface area contributed by atoms with Crippen molar-refractivity contribution in [2.45, 2.75) is 20.3 Å². The number of hydrogen-bond acceptors (Lipinski definition) is 5. The third-order valence-corrected chi connectivity index (χ3v) is 4.14. The van der Waals surface area contributed by atoms with Gasteiger partial charge >= 0.3 is 0 Å². The Bertz CT molecular complexity index is 838. The molecule has 3 aromatic rings. The Labute approximate surface area is 144 Å². The number of benzene rings is 1. The minimum Gasteiger partial charge on any atom is -0.491 e. The molecule has 1 N–H and O–H groups in total. The highest BCUT2D eigenvalue weighted by Crippen LogP contribution is 2.27. The topological polar surface area (TPSA) is 64.4 Å². The summed E-state index contributed by atoms with van der Waals surface area (Å²) in [6.07, 6.45) is 0.903. The maximum atomic E-state index is 12.4. The quantitative estimate of drug-likeness (QED) is 0.702. The van der Waals surface area contributed by atoms with Gasteiger partial charge in [0.15, 0.2) is 10.8 Å². The maximum Gasteiger partial charge on any atom is 0.275 e. The fraction of sp³-hybridized carbons (Fsp3) is 0.222. The Morgan fingerprint density at radius 3 is 2.88 bits per heavy atom. The third kappa shape index (κ3) is 3.65. The van der Waals surface area contributed by atoms with Crippen LogP contribution in [0.3, 0.4) is 0 Å². The number of aromatic nitrogens is 1. The smallest absolute Gasteiger partial charge is 0.275 e. The van der Waals surface area contributed by atoms with Crippen LogP contribution in [0.4, 0.5) is 5.69 Å². The number of aryl methyl sites for hydroxylation is 1. The third-order valence-electron chi connectivity index (χ3n) is 3.28. The van der Waals surface area contributed by atoms with Gasteiger partial charge in [-0.2, -0.15) is 0 Å². The highest BCUT2D eigenvalue weighted by atomic mass is 32.1. The summed E-state index contributed by atoms with van der Waals surface area (Å²) >= 11 is 1.38. The van der Waals surface area contributed by atoms with Gasteiger partial charge in [-0.05, 0) is 37.6 Å². The van der Waals surface area contributed by atoms with Crippen LogP contribution in [0.5, 0.6) is 5.75 Å².